The predicted molar refractivity (Wildman–Crippen MR) is 56.7 cm³/mol. The van der Waals surface area contributed by atoms with Gasteiger partial charge < -0.3 is 10.2 Å². The van der Waals surface area contributed by atoms with Crippen molar-refractivity contribution in [2.24, 2.45) is 11.8 Å². The standard InChI is InChI=1S/C11H20O4/c1-3-4-5-8(2)6-9(11(14)15)7-10(12)13/h8-9H,3-7H2,1-2H3,(H,12,13)(H,14,15). The summed E-state index contributed by atoms with van der Waals surface area (Å²) in [6.07, 6.45) is 3.31. The van der Waals surface area contributed by atoms with Crippen LogP contribution >= 0.6 is 0 Å². The van der Waals surface area contributed by atoms with Gasteiger partial charge in [0, 0.05) is 0 Å². The Labute approximate surface area is 90.3 Å². The van der Waals surface area contributed by atoms with Crippen LogP contribution in [0.2, 0.25) is 0 Å². The lowest BCUT2D eigenvalue weighted by molar-refractivity contribution is -0.148. The highest BCUT2D eigenvalue weighted by atomic mass is 16.4. The Kier molecular flexibility index (Phi) is 6.75. The van der Waals surface area contributed by atoms with Crippen molar-refractivity contribution in [3.8, 4) is 0 Å². The Morgan fingerprint density at radius 1 is 1.27 bits per heavy atom. The molecule has 0 heterocycles. The maximum Gasteiger partial charge on any atom is 0.307 e. The summed E-state index contributed by atoms with van der Waals surface area (Å²) in [4.78, 5) is 21.2. The van der Waals surface area contributed by atoms with Gasteiger partial charge in [0.15, 0.2) is 0 Å². The molecule has 0 aliphatic carbocycles. The van der Waals surface area contributed by atoms with E-state index >= 15 is 0 Å². The van der Waals surface area contributed by atoms with Crippen LogP contribution in [0, 0.1) is 11.8 Å². The van der Waals surface area contributed by atoms with Crippen LogP contribution in [0.5, 0.6) is 0 Å². The normalized spacial score (nSPS) is 14.5. The van der Waals surface area contributed by atoms with Crippen LogP contribution in [0.25, 0.3) is 0 Å². The van der Waals surface area contributed by atoms with Crippen molar-refractivity contribution in [1.82, 2.24) is 0 Å². The van der Waals surface area contributed by atoms with Gasteiger partial charge in [-0.25, -0.2) is 0 Å². The van der Waals surface area contributed by atoms with E-state index in [1.165, 1.54) is 0 Å². The zero-order chi connectivity index (χ0) is 11.8. The summed E-state index contributed by atoms with van der Waals surface area (Å²) in [5, 5.41) is 17.4. The van der Waals surface area contributed by atoms with Crippen molar-refractivity contribution >= 4 is 11.9 Å². The van der Waals surface area contributed by atoms with Gasteiger partial charge in [-0.1, -0.05) is 33.1 Å². The number of hydrogen-bond acceptors (Lipinski definition) is 2. The molecular weight excluding hydrogens is 196 g/mol. The van der Waals surface area contributed by atoms with Crippen molar-refractivity contribution in [1.29, 1.82) is 0 Å². The lowest BCUT2D eigenvalue weighted by Crippen LogP contribution is -2.20. The molecule has 0 aliphatic heterocycles. The summed E-state index contributed by atoms with van der Waals surface area (Å²) >= 11 is 0. The summed E-state index contributed by atoms with van der Waals surface area (Å²) in [7, 11) is 0. The van der Waals surface area contributed by atoms with Gasteiger partial charge in [-0.2, -0.15) is 0 Å². The van der Waals surface area contributed by atoms with Crippen molar-refractivity contribution in [2.45, 2.75) is 46.0 Å². The first-order chi connectivity index (χ1) is 6.97. The van der Waals surface area contributed by atoms with Gasteiger partial charge in [0.1, 0.15) is 0 Å². The molecule has 4 heteroatoms. The third-order valence-corrected chi connectivity index (χ3v) is 2.51. The van der Waals surface area contributed by atoms with E-state index in [1.807, 2.05) is 6.92 Å². The van der Waals surface area contributed by atoms with Crippen LogP contribution in [-0.4, -0.2) is 22.2 Å². The first kappa shape index (κ1) is 13.9. The first-order valence-electron chi connectivity index (χ1n) is 5.42. The average Bonchev–Trinajstić information content (AvgIpc) is 2.12. The molecule has 0 fully saturated rings. The Morgan fingerprint density at radius 3 is 2.27 bits per heavy atom. The van der Waals surface area contributed by atoms with Gasteiger partial charge in [-0.05, 0) is 12.3 Å². The Morgan fingerprint density at radius 2 is 1.87 bits per heavy atom. The number of unbranched alkanes of at least 4 members (excludes halogenated alkanes) is 1. The van der Waals surface area contributed by atoms with Crippen LogP contribution in [-0.2, 0) is 9.59 Å². The smallest absolute Gasteiger partial charge is 0.307 e. The minimum Gasteiger partial charge on any atom is -0.481 e. The Hall–Kier alpha value is -1.06. The molecule has 0 saturated carbocycles. The van der Waals surface area contributed by atoms with E-state index in [-0.39, 0.29) is 12.3 Å². The summed E-state index contributed by atoms with van der Waals surface area (Å²) in [6, 6.07) is 0. The molecule has 0 amide bonds. The lowest BCUT2D eigenvalue weighted by atomic mass is 9.90. The van der Waals surface area contributed by atoms with E-state index in [1.54, 1.807) is 0 Å². The molecule has 0 aliphatic rings. The summed E-state index contributed by atoms with van der Waals surface area (Å²) < 4.78 is 0. The second-order valence-corrected chi connectivity index (χ2v) is 4.12. The van der Waals surface area contributed by atoms with Gasteiger partial charge in [-0.15, -0.1) is 0 Å². The monoisotopic (exact) mass is 216 g/mol. The van der Waals surface area contributed by atoms with Gasteiger partial charge in [0.05, 0.1) is 12.3 Å². The van der Waals surface area contributed by atoms with Gasteiger partial charge in [0.25, 0.3) is 0 Å². The van der Waals surface area contributed by atoms with Crippen LogP contribution < -0.4 is 0 Å². The Balaban J connectivity index is 4.04. The fraction of sp³-hybridized carbons (Fsp3) is 0.818. The molecule has 0 aromatic heterocycles. The molecule has 15 heavy (non-hydrogen) atoms. The quantitative estimate of drug-likeness (QED) is 0.653. The average molecular weight is 216 g/mol. The van der Waals surface area contributed by atoms with E-state index in [0.29, 0.717) is 6.42 Å². The van der Waals surface area contributed by atoms with E-state index in [0.717, 1.165) is 19.3 Å². The summed E-state index contributed by atoms with van der Waals surface area (Å²) in [6.45, 7) is 4.06. The second-order valence-electron chi connectivity index (χ2n) is 4.12. The third-order valence-electron chi connectivity index (χ3n) is 2.51. The third kappa shape index (κ3) is 6.94. The highest BCUT2D eigenvalue weighted by molar-refractivity contribution is 5.77. The predicted octanol–water partition coefficient (Wildman–Crippen LogP) is 2.38. The second kappa shape index (κ2) is 7.26. The van der Waals surface area contributed by atoms with Gasteiger partial charge >= 0.3 is 11.9 Å². The zero-order valence-electron chi connectivity index (χ0n) is 9.40. The number of carbonyl (C=O) groups is 2. The highest BCUT2D eigenvalue weighted by Crippen LogP contribution is 2.20. The number of carboxylic acid groups (broad SMARTS) is 2. The number of carboxylic acids is 2. The molecule has 0 saturated heterocycles. The summed E-state index contributed by atoms with van der Waals surface area (Å²) in [5.41, 5.74) is 0. The highest BCUT2D eigenvalue weighted by Gasteiger charge is 2.22. The maximum atomic E-state index is 10.8. The molecule has 0 rings (SSSR count). The van der Waals surface area contributed by atoms with E-state index in [4.69, 9.17) is 10.2 Å². The van der Waals surface area contributed by atoms with Crippen LogP contribution in [0.15, 0.2) is 0 Å². The van der Waals surface area contributed by atoms with Crippen LogP contribution in [0.1, 0.15) is 46.0 Å². The van der Waals surface area contributed by atoms with Gasteiger partial charge in [-0.3, -0.25) is 9.59 Å². The molecule has 2 atom stereocenters. The zero-order valence-corrected chi connectivity index (χ0v) is 9.40. The van der Waals surface area contributed by atoms with Crippen LogP contribution in [0.3, 0.4) is 0 Å². The van der Waals surface area contributed by atoms with Crippen molar-refractivity contribution in [3.05, 3.63) is 0 Å². The topological polar surface area (TPSA) is 74.6 Å². The molecule has 0 aromatic rings. The number of aliphatic carboxylic acids is 2. The molecule has 0 spiro atoms. The molecular formula is C11H20O4. The molecule has 0 bridgehead atoms. The SMILES string of the molecule is CCCCC(C)CC(CC(=O)O)C(=O)O. The Bertz CT molecular complexity index is 213. The molecule has 4 nitrogen and oxygen atoms in total. The van der Waals surface area contributed by atoms with E-state index < -0.39 is 17.9 Å². The molecule has 88 valence electrons. The largest absolute Gasteiger partial charge is 0.481 e. The van der Waals surface area contributed by atoms with Crippen molar-refractivity contribution in [2.75, 3.05) is 0 Å². The fourth-order valence-electron chi connectivity index (χ4n) is 1.64. The fourth-order valence-corrected chi connectivity index (χ4v) is 1.64. The van der Waals surface area contributed by atoms with Crippen LogP contribution in [0.4, 0.5) is 0 Å². The maximum absolute atomic E-state index is 10.8. The summed E-state index contributed by atoms with van der Waals surface area (Å²) in [5.74, 6) is -2.49. The first-order valence-corrected chi connectivity index (χ1v) is 5.42. The molecule has 2 N–H and O–H groups in total. The van der Waals surface area contributed by atoms with Crippen molar-refractivity contribution < 1.29 is 19.8 Å². The number of hydrogen-bond donors (Lipinski definition) is 2. The van der Waals surface area contributed by atoms with Crippen molar-refractivity contribution in [3.63, 3.8) is 0 Å². The molecule has 0 aromatic carbocycles. The molecule has 2 unspecified atom stereocenters. The van der Waals surface area contributed by atoms with Gasteiger partial charge in [0.2, 0.25) is 0 Å². The number of rotatable bonds is 8. The molecule has 0 radical (unpaired) electrons. The van der Waals surface area contributed by atoms with E-state index in [9.17, 15) is 9.59 Å². The van der Waals surface area contributed by atoms with E-state index in [2.05, 4.69) is 6.92 Å². The minimum atomic E-state index is -1.04. The lowest BCUT2D eigenvalue weighted by Gasteiger charge is -2.15. The minimum absolute atomic E-state index is 0.272.